The SMILES string of the molecule is CC(C)C[C@H](N)C(=O)N1CCN(Cc2nc(-c3ccc(Cl)cc3)no2)CC1.Cl.Cl. The van der Waals surface area contributed by atoms with Crippen molar-refractivity contribution >= 4 is 42.3 Å². The Kier molecular flexibility index (Phi) is 10.4. The number of amides is 1. The number of hydrogen-bond donors (Lipinski definition) is 1. The van der Waals surface area contributed by atoms with E-state index in [-0.39, 0.29) is 30.7 Å². The minimum absolute atomic E-state index is 0. The summed E-state index contributed by atoms with van der Waals surface area (Å²) >= 11 is 5.90. The van der Waals surface area contributed by atoms with Gasteiger partial charge in [-0.3, -0.25) is 9.69 Å². The van der Waals surface area contributed by atoms with Gasteiger partial charge in [0.05, 0.1) is 12.6 Å². The minimum atomic E-state index is -0.408. The Morgan fingerprint density at radius 2 is 1.79 bits per heavy atom. The Hall–Kier alpha value is -1.38. The van der Waals surface area contributed by atoms with E-state index in [0.29, 0.717) is 48.7 Å². The van der Waals surface area contributed by atoms with Crippen LogP contribution in [0.15, 0.2) is 28.8 Å². The van der Waals surface area contributed by atoms with Crippen LogP contribution in [0.5, 0.6) is 0 Å². The van der Waals surface area contributed by atoms with Crippen LogP contribution in [0.1, 0.15) is 26.2 Å². The van der Waals surface area contributed by atoms with E-state index < -0.39 is 6.04 Å². The summed E-state index contributed by atoms with van der Waals surface area (Å²) < 4.78 is 5.37. The van der Waals surface area contributed by atoms with Crippen LogP contribution in [0.2, 0.25) is 5.02 Å². The fourth-order valence-corrected chi connectivity index (χ4v) is 3.32. The first-order valence-corrected chi connectivity index (χ1v) is 9.65. The molecule has 1 amide bonds. The lowest BCUT2D eigenvalue weighted by Gasteiger charge is -2.35. The maximum absolute atomic E-state index is 12.4. The Labute approximate surface area is 188 Å². The van der Waals surface area contributed by atoms with Gasteiger partial charge in [0.1, 0.15) is 0 Å². The van der Waals surface area contributed by atoms with Crippen LogP contribution in [0.25, 0.3) is 11.4 Å². The zero-order chi connectivity index (χ0) is 19.4. The summed E-state index contributed by atoms with van der Waals surface area (Å²) in [4.78, 5) is 20.9. The number of benzene rings is 1. The van der Waals surface area contributed by atoms with Crippen LogP contribution >= 0.6 is 36.4 Å². The van der Waals surface area contributed by atoms with Gasteiger partial charge in [0.25, 0.3) is 0 Å². The quantitative estimate of drug-likeness (QED) is 0.706. The van der Waals surface area contributed by atoms with Gasteiger partial charge < -0.3 is 15.2 Å². The van der Waals surface area contributed by atoms with Gasteiger partial charge in [-0.1, -0.05) is 30.6 Å². The van der Waals surface area contributed by atoms with Gasteiger partial charge >= 0.3 is 0 Å². The summed E-state index contributed by atoms with van der Waals surface area (Å²) in [5.74, 6) is 1.58. The molecule has 0 saturated carbocycles. The van der Waals surface area contributed by atoms with Crippen molar-refractivity contribution in [3.8, 4) is 11.4 Å². The van der Waals surface area contributed by atoms with Crippen LogP contribution in [-0.4, -0.2) is 58.1 Å². The molecule has 7 nitrogen and oxygen atoms in total. The second-order valence-electron chi connectivity index (χ2n) is 7.36. The summed E-state index contributed by atoms with van der Waals surface area (Å²) in [5, 5.41) is 4.71. The molecule has 0 spiro atoms. The fraction of sp³-hybridized carbons (Fsp3) is 0.526. The second kappa shape index (κ2) is 11.7. The van der Waals surface area contributed by atoms with Gasteiger partial charge in [0.2, 0.25) is 17.6 Å². The van der Waals surface area contributed by atoms with Crippen molar-refractivity contribution in [1.82, 2.24) is 19.9 Å². The van der Waals surface area contributed by atoms with Crippen LogP contribution < -0.4 is 5.73 Å². The van der Waals surface area contributed by atoms with E-state index in [9.17, 15) is 4.79 Å². The number of carbonyl (C=O) groups is 1. The molecular formula is C19H28Cl3N5O2. The minimum Gasteiger partial charge on any atom is -0.339 e. The number of hydrogen-bond acceptors (Lipinski definition) is 6. The lowest BCUT2D eigenvalue weighted by Crippen LogP contribution is -2.53. The normalized spacial score (nSPS) is 15.6. The van der Waals surface area contributed by atoms with E-state index in [0.717, 1.165) is 18.7 Å². The Morgan fingerprint density at radius 3 is 2.38 bits per heavy atom. The van der Waals surface area contributed by atoms with Gasteiger partial charge in [-0.2, -0.15) is 4.98 Å². The molecule has 10 heteroatoms. The molecule has 1 aliphatic heterocycles. The predicted octanol–water partition coefficient (Wildman–Crippen LogP) is 3.25. The third kappa shape index (κ3) is 7.12. The Balaban J connectivity index is 0.00000210. The Morgan fingerprint density at radius 1 is 1.17 bits per heavy atom. The van der Waals surface area contributed by atoms with Crippen molar-refractivity contribution < 1.29 is 9.32 Å². The molecule has 0 unspecified atom stereocenters. The summed E-state index contributed by atoms with van der Waals surface area (Å²) in [7, 11) is 0. The van der Waals surface area contributed by atoms with E-state index in [1.165, 1.54) is 0 Å². The molecule has 0 aliphatic carbocycles. The van der Waals surface area contributed by atoms with Gasteiger partial charge in [-0.15, -0.1) is 24.8 Å². The number of aromatic nitrogens is 2. The first-order chi connectivity index (χ1) is 12.9. The third-order valence-electron chi connectivity index (χ3n) is 4.66. The standard InChI is InChI=1S/C19H26ClN5O2.2ClH/c1-13(2)11-16(21)19(26)25-9-7-24(8-10-25)12-17-22-18(23-27-17)14-3-5-15(20)6-4-14;;/h3-6,13,16H,7-12,21H2,1-2H3;2*1H/t16-;;/m0../s1. The summed E-state index contributed by atoms with van der Waals surface area (Å²) in [6.07, 6.45) is 0.717. The highest BCUT2D eigenvalue weighted by atomic mass is 35.5. The highest BCUT2D eigenvalue weighted by molar-refractivity contribution is 6.30. The second-order valence-corrected chi connectivity index (χ2v) is 7.79. The molecule has 1 aromatic heterocycles. The summed E-state index contributed by atoms with van der Waals surface area (Å²) in [6.45, 7) is 7.59. The highest BCUT2D eigenvalue weighted by Crippen LogP contribution is 2.19. The third-order valence-corrected chi connectivity index (χ3v) is 4.91. The zero-order valence-electron chi connectivity index (χ0n) is 16.6. The van der Waals surface area contributed by atoms with Gasteiger partial charge in [0.15, 0.2) is 0 Å². The van der Waals surface area contributed by atoms with Gasteiger partial charge in [-0.05, 0) is 36.6 Å². The van der Waals surface area contributed by atoms with E-state index in [4.69, 9.17) is 21.9 Å². The number of carbonyl (C=O) groups excluding carboxylic acids is 1. The summed E-state index contributed by atoms with van der Waals surface area (Å²) in [5.41, 5.74) is 6.89. The monoisotopic (exact) mass is 463 g/mol. The molecule has 0 bridgehead atoms. The molecule has 1 aliphatic rings. The maximum atomic E-state index is 12.4. The molecule has 1 fully saturated rings. The molecule has 3 rings (SSSR count). The number of rotatable bonds is 6. The van der Waals surface area contributed by atoms with Crippen LogP contribution in [0.3, 0.4) is 0 Å². The van der Waals surface area contributed by atoms with Crippen molar-refractivity contribution in [2.45, 2.75) is 32.9 Å². The molecule has 2 aromatic rings. The van der Waals surface area contributed by atoms with Crippen molar-refractivity contribution in [3.05, 3.63) is 35.2 Å². The molecule has 1 atom stereocenters. The first kappa shape index (κ1) is 25.7. The van der Waals surface area contributed by atoms with Crippen molar-refractivity contribution in [1.29, 1.82) is 0 Å². The zero-order valence-corrected chi connectivity index (χ0v) is 19.0. The average Bonchev–Trinajstić information content (AvgIpc) is 3.10. The number of piperazine rings is 1. The predicted molar refractivity (Wildman–Crippen MR) is 119 cm³/mol. The Bertz CT molecular complexity index is 761. The number of nitrogens with zero attached hydrogens (tertiary/aromatic N) is 4. The average molecular weight is 465 g/mol. The van der Waals surface area contributed by atoms with Crippen molar-refractivity contribution in [2.75, 3.05) is 26.2 Å². The van der Waals surface area contributed by atoms with E-state index in [2.05, 4.69) is 28.9 Å². The first-order valence-electron chi connectivity index (χ1n) is 9.27. The molecule has 162 valence electrons. The molecule has 1 saturated heterocycles. The molecule has 0 radical (unpaired) electrons. The van der Waals surface area contributed by atoms with E-state index in [1.807, 2.05) is 17.0 Å². The molecule has 1 aromatic carbocycles. The highest BCUT2D eigenvalue weighted by Gasteiger charge is 2.26. The van der Waals surface area contributed by atoms with Gasteiger partial charge in [-0.25, -0.2) is 0 Å². The fourth-order valence-electron chi connectivity index (χ4n) is 3.20. The lowest BCUT2D eigenvalue weighted by atomic mass is 10.0. The van der Waals surface area contributed by atoms with Crippen LogP contribution in [-0.2, 0) is 11.3 Å². The topological polar surface area (TPSA) is 88.5 Å². The molecular weight excluding hydrogens is 437 g/mol. The summed E-state index contributed by atoms with van der Waals surface area (Å²) in [6, 6.07) is 6.92. The smallest absolute Gasteiger partial charge is 0.241 e. The van der Waals surface area contributed by atoms with Crippen LogP contribution in [0.4, 0.5) is 0 Å². The lowest BCUT2D eigenvalue weighted by molar-refractivity contribution is -0.134. The largest absolute Gasteiger partial charge is 0.339 e. The van der Waals surface area contributed by atoms with E-state index in [1.54, 1.807) is 12.1 Å². The molecule has 29 heavy (non-hydrogen) atoms. The molecule has 2 heterocycles. The van der Waals surface area contributed by atoms with Crippen molar-refractivity contribution in [2.24, 2.45) is 11.7 Å². The molecule has 2 N–H and O–H groups in total. The van der Waals surface area contributed by atoms with E-state index >= 15 is 0 Å². The van der Waals surface area contributed by atoms with Crippen molar-refractivity contribution in [3.63, 3.8) is 0 Å². The number of halogens is 3. The number of nitrogens with two attached hydrogens (primary N) is 1. The van der Waals surface area contributed by atoms with Gasteiger partial charge in [0, 0.05) is 36.8 Å². The van der Waals surface area contributed by atoms with Crippen LogP contribution in [0, 0.1) is 5.92 Å². The maximum Gasteiger partial charge on any atom is 0.241 e.